The van der Waals surface area contributed by atoms with Crippen LogP contribution in [0.3, 0.4) is 0 Å². The Labute approximate surface area is 227 Å². The van der Waals surface area contributed by atoms with Crippen molar-refractivity contribution in [2.24, 2.45) is 5.92 Å². The highest BCUT2D eigenvalue weighted by Gasteiger charge is 2.50. The number of nitrogens with zero attached hydrogens (tertiary/aromatic N) is 4. The number of likely N-dealkylation sites (tertiary alicyclic amines) is 1. The van der Waals surface area contributed by atoms with Gasteiger partial charge in [0.05, 0.1) is 12.6 Å². The molecular formula is C27H38F2N6O2S. The van der Waals surface area contributed by atoms with Crippen LogP contribution in [-0.4, -0.2) is 83.1 Å². The third kappa shape index (κ3) is 6.15. The minimum absolute atomic E-state index is 0.185. The van der Waals surface area contributed by atoms with Gasteiger partial charge in [-0.25, -0.2) is 13.8 Å². The highest BCUT2D eigenvalue weighted by molar-refractivity contribution is 8.00. The van der Waals surface area contributed by atoms with Gasteiger partial charge in [0.25, 0.3) is 11.8 Å². The first kappa shape index (κ1) is 27.3. The van der Waals surface area contributed by atoms with Crippen molar-refractivity contribution in [2.45, 2.75) is 69.3 Å². The summed E-state index contributed by atoms with van der Waals surface area (Å²) in [6.45, 7) is 4.83. The van der Waals surface area contributed by atoms with Crippen molar-refractivity contribution in [1.82, 2.24) is 20.2 Å². The van der Waals surface area contributed by atoms with Crippen LogP contribution < -0.4 is 15.5 Å². The van der Waals surface area contributed by atoms with E-state index in [2.05, 4.69) is 34.4 Å². The molecule has 1 aromatic rings. The average Bonchev–Trinajstić information content (AvgIpc) is 3.79. The maximum Gasteiger partial charge on any atom is 0.283 e. The number of aryl methyl sites for hydroxylation is 1. The fraction of sp³-hybridized carbons (Fsp3) is 0.667. The lowest BCUT2D eigenvalue weighted by Crippen LogP contribution is -2.59. The third-order valence-electron chi connectivity index (χ3n) is 7.46. The van der Waals surface area contributed by atoms with Crippen LogP contribution in [0, 0.1) is 5.92 Å². The zero-order valence-electron chi connectivity index (χ0n) is 22.4. The van der Waals surface area contributed by atoms with Gasteiger partial charge < -0.3 is 25.2 Å². The van der Waals surface area contributed by atoms with Crippen LogP contribution in [0.4, 0.5) is 20.5 Å². The monoisotopic (exact) mass is 548 g/mol. The molecular weight excluding hydrogens is 510 g/mol. The molecule has 4 atom stereocenters. The number of hydrogen-bond donors (Lipinski definition) is 2. The van der Waals surface area contributed by atoms with Crippen molar-refractivity contribution < 1.29 is 18.3 Å². The Bertz CT molecular complexity index is 1090. The van der Waals surface area contributed by atoms with Crippen molar-refractivity contribution in [3.8, 4) is 0 Å². The van der Waals surface area contributed by atoms with E-state index in [9.17, 15) is 13.6 Å². The molecule has 1 amide bonds. The predicted octanol–water partition coefficient (Wildman–Crippen LogP) is 3.81. The molecule has 4 heterocycles. The fourth-order valence-electron chi connectivity index (χ4n) is 5.19. The molecule has 0 bridgehead atoms. The lowest BCUT2D eigenvalue weighted by atomic mass is 9.80. The van der Waals surface area contributed by atoms with Crippen molar-refractivity contribution in [3.63, 3.8) is 0 Å². The SMILES string of the molecule is C1CC1.CCc1cnc(N2CCSC(C)C2)nc1NC1=CC=C2C(C1)C1NCC(F)(F)COC1C(=O)N2C. The van der Waals surface area contributed by atoms with Crippen LogP contribution in [0.2, 0.25) is 0 Å². The molecule has 4 unspecified atom stereocenters. The average molecular weight is 549 g/mol. The largest absolute Gasteiger partial charge is 0.360 e. The number of hydrogen-bond acceptors (Lipinski definition) is 8. The Hall–Kier alpha value is -2.24. The fourth-order valence-corrected chi connectivity index (χ4v) is 6.20. The number of anilines is 2. The molecule has 3 saturated heterocycles. The molecule has 0 spiro atoms. The van der Waals surface area contributed by atoms with E-state index in [-0.39, 0.29) is 11.8 Å². The van der Waals surface area contributed by atoms with Crippen LogP contribution >= 0.6 is 11.8 Å². The number of allylic oxidation sites excluding steroid dienone is 3. The summed E-state index contributed by atoms with van der Waals surface area (Å²) in [6, 6.07) is -0.525. The molecule has 1 aromatic heterocycles. The van der Waals surface area contributed by atoms with Crippen LogP contribution in [0.25, 0.3) is 0 Å². The summed E-state index contributed by atoms with van der Waals surface area (Å²) in [4.78, 5) is 26.1. The van der Waals surface area contributed by atoms with E-state index in [0.717, 1.165) is 48.0 Å². The maximum absolute atomic E-state index is 14.0. The van der Waals surface area contributed by atoms with Crippen molar-refractivity contribution >= 4 is 29.4 Å². The molecule has 0 aromatic carbocycles. The van der Waals surface area contributed by atoms with Gasteiger partial charge in [-0.1, -0.05) is 33.1 Å². The quantitative estimate of drug-likeness (QED) is 0.588. The smallest absolute Gasteiger partial charge is 0.283 e. The lowest BCUT2D eigenvalue weighted by molar-refractivity contribution is -0.152. The second-order valence-electron chi connectivity index (χ2n) is 10.7. The first-order valence-corrected chi connectivity index (χ1v) is 14.7. The number of likely N-dealkylation sites (N-methyl/N-ethyl adjacent to an activating group) is 1. The van der Waals surface area contributed by atoms with E-state index < -0.39 is 31.2 Å². The molecule has 6 rings (SSSR count). The van der Waals surface area contributed by atoms with Crippen molar-refractivity contribution in [3.05, 3.63) is 35.3 Å². The molecule has 11 heteroatoms. The normalized spacial score (nSPS) is 30.1. The van der Waals surface area contributed by atoms with Crippen molar-refractivity contribution in [1.29, 1.82) is 0 Å². The van der Waals surface area contributed by atoms with E-state index in [1.165, 1.54) is 19.3 Å². The molecule has 5 aliphatic rings. The van der Waals surface area contributed by atoms with Crippen LogP contribution in [0.5, 0.6) is 0 Å². The zero-order valence-corrected chi connectivity index (χ0v) is 23.2. The van der Waals surface area contributed by atoms with Crippen LogP contribution in [0.15, 0.2) is 29.7 Å². The topological polar surface area (TPSA) is 82.6 Å². The number of aromatic nitrogens is 2. The Morgan fingerprint density at radius 3 is 2.79 bits per heavy atom. The number of rotatable bonds is 4. The Kier molecular flexibility index (Phi) is 8.25. The summed E-state index contributed by atoms with van der Waals surface area (Å²) in [5.74, 6) is -0.964. The number of thioether (sulfide) groups is 1. The van der Waals surface area contributed by atoms with E-state index >= 15 is 0 Å². The highest BCUT2D eigenvalue weighted by Crippen LogP contribution is 2.38. The van der Waals surface area contributed by atoms with Gasteiger partial charge >= 0.3 is 0 Å². The number of carbonyl (C=O) groups excluding carboxylic acids is 1. The van der Waals surface area contributed by atoms with Gasteiger partial charge in [-0.2, -0.15) is 16.7 Å². The number of carbonyl (C=O) groups is 1. The van der Waals surface area contributed by atoms with Crippen molar-refractivity contribution in [2.75, 3.05) is 49.3 Å². The Morgan fingerprint density at radius 2 is 2.08 bits per heavy atom. The minimum atomic E-state index is -3.01. The molecule has 0 radical (unpaired) electrons. The number of halogens is 2. The first-order valence-electron chi connectivity index (χ1n) is 13.7. The zero-order chi connectivity index (χ0) is 26.9. The van der Waals surface area contributed by atoms with Crippen LogP contribution in [0.1, 0.15) is 45.1 Å². The molecule has 3 aliphatic heterocycles. The second-order valence-corrected chi connectivity index (χ2v) is 12.2. The summed E-state index contributed by atoms with van der Waals surface area (Å²) >= 11 is 1.96. The summed E-state index contributed by atoms with van der Waals surface area (Å²) < 4.78 is 33.5. The molecule has 1 saturated carbocycles. The molecule has 8 nitrogen and oxygen atoms in total. The van der Waals surface area contributed by atoms with Gasteiger partial charge in [-0.05, 0) is 25.0 Å². The van der Waals surface area contributed by atoms with Gasteiger partial charge in [-0.15, -0.1) is 0 Å². The van der Waals surface area contributed by atoms with Gasteiger partial charge in [0.1, 0.15) is 12.4 Å². The summed E-state index contributed by atoms with van der Waals surface area (Å²) in [5, 5.41) is 6.95. The molecule has 2 N–H and O–H groups in total. The lowest BCUT2D eigenvalue weighted by Gasteiger charge is -2.44. The first-order chi connectivity index (χ1) is 18.3. The predicted molar refractivity (Wildman–Crippen MR) is 147 cm³/mol. The number of piperidine rings is 1. The molecule has 38 heavy (non-hydrogen) atoms. The Morgan fingerprint density at radius 1 is 1.29 bits per heavy atom. The maximum atomic E-state index is 14.0. The number of nitrogens with one attached hydrogen (secondary N) is 2. The van der Waals surface area contributed by atoms with Gasteiger partial charge in [0.2, 0.25) is 5.95 Å². The van der Waals surface area contributed by atoms with Crippen LogP contribution in [-0.2, 0) is 16.0 Å². The highest BCUT2D eigenvalue weighted by atomic mass is 32.2. The van der Waals surface area contributed by atoms with E-state index in [4.69, 9.17) is 9.72 Å². The number of alkyl halides is 2. The second kappa shape index (κ2) is 11.5. The van der Waals surface area contributed by atoms with E-state index in [1.54, 1.807) is 11.9 Å². The summed E-state index contributed by atoms with van der Waals surface area (Å²) in [7, 11) is 1.68. The minimum Gasteiger partial charge on any atom is -0.360 e. The van der Waals surface area contributed by atoms with Gasteiger partial charge in [-0.3, -0.25) is 4.79 Å². The van der Waals surface area contributed by atoms with Gasteiger partial charge in [0, 0.05) is 60.2 Å². The van der Waals surface area contributed by atoms with E-state index in [1.807, 2.05) is 30.1 Å². The number of ether oxygens (including phenoxy) is 1. The number of fused-ring (bicyclic) bond motifs is 3. The molecule has 208 valence electrons. The molecule has 4 fully saturated rings. The summed E-state index contributed by atoms with van der Waals surface area (Å²) in [5.41, 5.74) is 2.73. The van der Waals surface area contributed by atoms with E-state index in [0.29, 0.717) is 17.6 Å². The summed E-state index contributed by atoms with van der Waals surface area (Å²) in [6.07, 6.45) is 10.6. The Balaban J connectivity index is 0.000000916. The third-order valence-corrected chi connectivity index (χ3v) is 8.59. The molecule has 2 aliphatic carbocycles. The number of amides is 1. The standard InChI is InChI=1S/C24H32F2N6O2S.C3H6/c1-4-15-10-27-23(32-7-8-35-14(2)11-32)30-21(15)29-16-5-6-18-17(9-16)19-20(22(33)31(18)3)34-13-24(25,26)12-28-19;1-2-3-1/h5-6,10,14,17,19-20,28H,4,7-9,11-13H2,1-3H3,(H,27,29,30);1-3H2. The van der Waals surface area contributed by atoms with Gasteiger partial charge in [0.15, 0.2) is 6.10 Å².